The summed E-state index contributed by atoms with van der Waals surface area (Å²) in [6, 6.07) is 14.9. The third-order valence-electron chi connectivity index (χ3n) is 13.1. The van der Waals surface area contributed by atoms with E-state index < -0.39 is 53.5 Å². The highest BCUT2D eigenvalue weighted by Crippen LogP contribution is 2.34. The van der Waals surface area contributed by atoms with Gasteiger partial charge in [-0.05, 0) is 138 Å². The van der Waals surface area contributed by atoms with E-state index in [1.807, 2.05) is 96.1 Å². The number of rotatable bonds is 22. The monoisotopic (exact) mass is 1260 g/mol. The Balaban J connectivity index is 0.000000223. The van der Waals surface area contributed by atoms with Crippen molar-refractivity contribution in [1.82, 2.24) is 45.5 Å². The van der Waals surface area contributed by atoms with Crippen LogP contribution >= 0.6 is 11.5 Å². The molecule has 89 heavy (non-hydrogen) atoms. The molecule has 0 saturated heterocycles. The van der Waals surface area contributed by atoms with Crippen molar-refractivity contribution < 1.29 is 71.8 Å². The standard InChI is InChI=1S/C19H22N6O3S.C19H28N2O5.C14H20N2O3.C10H19NO4/c1-12(2)16(22-19-23-18(24-29-19)25-8-7-20-10-25)17(26)21-6-5-13-3-4-14-15(9-13)28-11-27-14;1-12(2)16(21-18(23)26-19(3,4)5)17(22)20-9-8-13-6-7-14-15(10-13)25-11-24-14;1-9(2)13(15)14(17)16-6-5-10-3-4-11-12(7-10)19-8-18-11;1-6(2)7(8(12)13)11-9(14)15-10(3,4)5/h3-4,7-10,12,16H,5-6,11H2,1-2H3,(H,21,26)(H,22,23,24);6-7,10,12,16H,8-9,11H2,1-5H3,(H,20,22)(H,21,23);3-4,7,9,13H,5-6,8,15H2,1-2H3,(H,16,17);6-7H,1-5H3,(H,11,14)(H,12,13)/t2*16-;13-;7-/m1111/s1. The molecule has 3 aliphatic rings. The predicted octanol–water partition coefficient (Wildman–Crippen LogP) is 7.55. The first kappa shape index (κ1) is 71.2. The van der Waals surface area contributed by atoms with E-state index in [0.717, 1.165) is 57.6 Å². The number of imidazole rings is 1. The van der Waals surface area contributed by atoms with Gasteiger partial charge in [0.25, 0.3) is 0 Å². The van der Waals surface area contributed by atoms with Crippen LogP contribution in [0.5, 0.6) is 34.5 Å². The summed E-state index contributed by atoms with van der Waals surface area (Å²) < 4.78 is 48.1. The lowest BCUT2D eigenvalue weighted by Crippen LogP contribution is -2.51. The van der Waals surface area contributed by atoms with Crippen LogP contribution in [-0.4, -0.2) is 135 Å². The number of hydrogen-bond donors (Lipinski definition) is 8. The number of nitrogens with zero attached hydrogens (tertiary/aromatic N) is 4. The number of aliphatic carboxylic acids is 1. The fraction of sp³-hybridized carbons (Fsp3) is 0.532. The Morgan fingerprint density at radius 3 is 1.34 bits per heavy atom. The number of ether oxygens (including phenoxy) is 8. The van der Waals surface area contributed by atoms with Gasteiger partial charge in [0.1, 0.15) is 35.7 Å². The van der Waals surface area contributed by atoms with Gasteiger partial charge in [-0.3, -0.25) is 19.0 Å². The van der Waals surface area contributed by atoms with Crippen molar-refractivity contribution >= 4 is 52.5 Å². The molecule has 27 heteroatoms. The number of fused-ring (bicyclic) bond motifs is 3. The van der Waals surface area contributed by atoms with E-state index in [1.165, 1.54) is 11.5 Å². The average molecular weight is 1260 g/mol. The Labute approximate surface area is 524 Å². The van der Waals surface area contributed by atoms with E-state index in [9.17, 15) is 28.8 Å². The maximum absolute atomic E-state index is 12.7. The Bertz CT molecular complexity index is 3110. The number of alkyl carbamates (subject to hydrolysis) is 2. The molecule has 9 N–H and O–H groups in total. The van der Waals surface area contributed by atoms with Crippen LogP contribution in [-0.2, 0) is 47.9 Å². The molecule has 5 aromatic rings. The van der Waals surface area contributed by atoms with E-state index in [-0.39, 0.29) is 61.8 Å². The summed E-state index contributed by atoms with van der Waals surface area (Å²) >= 11 is 1.22. The summed E-state index contributed by atoms with van der Waals surface area (Å²) in [6.07, 6.45) is 5.87. The summed E-state index contributed by atoms with van der Waals surface area (Å²) in [5, 5.41) is 26.3. The summed E-state index contributed by atoms with van der Waals surface area (Å²) in [5.41, 5.74) is 7.75. The van der Waals surface area contributed by atoms with Gasteiger partial charge in [0.2, 0.25) is 49.2 Å². The molecule has 0 aliphatic carbocycles. The maximum Gasteiger partial charge on any atom is 0.408 e. The summed E-state index contributed by atoms with van der Waals surface area (Å²) in [7, 11) is 0. The molecule has 4 atom stereocenters. The van der Waals surface area contributed by atoms with Crippen molar-refractivity contribution in [3.05, 3.63) is 90.0 Å². The quantitative estimate of drug-likeness (QED) is 0.0331. The Kier molecular flexibility index (Phi) is 26.9. The molecule has 5 amide bonds. The summed E-state index contributed by atoms with van der Waals surface area (Å²) in [5.74, 6) is 3.56. The largest absolute Gasteiger partial charge is 0.480 e. The summed E-state index contributed by atoms with van der Waals surface area (Å²) in [6.45, 7) is 27.9. The van der Waals surface area contributed by atoms with Crippen molar-refractivity contribution in [3.8, 4) is 40.4 Å². The Morgan fingerprint density at radius 2 is 0.966 bits per heavy atom. The number of carbonyl (C=O) groups is 6. The molecule has 0 bridgehead atoms. The summed E-state index contributed by atoms with van der Waals surface area (Å²) in [4.78, 5) is 79.3. The molecular formula is C62H89N11O15S. The van der Waals surface area contributed by atoms with Gasteiger partial charge in [0.15, 0.2) is 34.5 Å². The number of amides is 5. The zero-order chi connectivity index (χ0) is 65.6. The highest BCUT2D eigenvalue weighted by molar-refractivity contribution is 7.09. The van der Waals surface area contributed by atoms with Crippen LogP contribution in [0.25, 0.3) is 5.95 Å². The SMILES string of the molecule is CC(C)[C@@H](N)C(=O)NCCc1ccc2c(c1)OCO2.CC(C)[C@@H](NC(=O)OC(C)(C)C)C(=O)NCCc1ccc2c(c1)OCO2.CC(C)[C@@H](NC(=O)OC(C)(C)C)C(=O)O.CC(C)[C@@H](Nc1nc(-n2ccnc2)ns1)C(=O)NCCc1ccc2c(c1)OCO2. The maximum atomic E-state index is 12.7. The number of carbonyl (C=O) groups excluding carboxylic acids is 5. The molecular weight excluding hydrogens is 1170 g/mol. The molecule has 0 spiro atoms. The highest BCUT2D eigenvalue weighted by Gasteiger charge is 2.29. The van der Waals surface area contributed by atoms with E-state index in [2.05, 4.69) is 46.2 Å². The average Bonchev–Trinajstić information content (AvgIpc) is 4.14. The number of nitrogens with one attached hydrogen (secondary N) is 6. The fourth-order valence-corrected chi connectivity index (χ4v) is 8.87. The van der Waals surface area contributed by atoms with Crippen LogP contribution in [0.1, 0.15) is 114 Å². The molecule has 488 valence electrons. The van der Waals surface area contributed by atoms with Crippen molar-refractivity contribution in [2.24, 2.45) is 29.4 Å². The number of benzene rings is 3. The number of aromatic nitrogens is 4. The van der Waals surface area contributed by atoms with Gasteiger partial charge in [-0.2, -0.15) is 9.36 Å². The number of carboxylic acids is 1. The van der Waals surface area contributed by atoms with E-state index >= 15 is 0 Å². The second-order valence-corrected chi connectivity index (χ2v) is 25.0. The molecule has 0 saturated carbocycles. The van der Waals surface area contributed by atoms with Crippen LogP contribution in [0.3, 0.4) is 0 Å². The third-order valence-corrected chi connectivity index (χ3v) is 13.7. The molecule has 0 fully saturated rings. The zero-order valence-corrected chi connectivity index (χ0v) is 54.2. The highest BCUT2D eigenvalue weighted by atomic mass is 32.1. The van der Waals surface area contributed by atoms with Crippen LogP contribution in [0.2, 0.25) is 0 Å². The minimum atomic E-state index is -1.06. The minimum absolute atomic E-state index is 0.0620. The zero-order valence-electron chi connectivity index (χ0n) is 53.3. The molecule has 2 aromatic heterocycles. The van der Waals surface area contributed by atoms with Crippen molar-refractivity contribution in [1.29, 1.82) is 0 Å². The van der Waals surface area contributed by atoms with Crippen LogP contribution in [0, 0.1) is 23.7 Å². The van der Waals surface area contributed by atoms with Gasteiger partial charge in [0, 0.05) is 43.6 Å². The second-order valence-electron chi connectivity index (χ2n) is 24.3. The Hall–Kier alpha value is -8.59. The lowest BCUT2D eigenvalue weighted by Gasteiger charge is -2.25. The van der Waals surface area contributed by atoms with Crippen molar-refractivity contribution in [2.75, 3.05) is 45.3 Å². The topological polar surface area (TPSA) is 338 Å². The third kappa shape index (κ3) is 24.1. The second kappa shape index (κ2) is 33.7. The normalized spacial score (nSPS) is 13.9. The van der Waals surface area contributed by atoms with Crippen LogP contribution in [0.15, 0.2) is 73.3 Å². The molecule has 26 nitrogen and oxygen atoms in total. The van der Waals surface area contributed by atoms with Crippen LogP contribution < -0.4 is 66.1 Å². The molecule has 8 rings (SSSR count). The lowest BCUT2D eigenvalue weighted by atomic mass is 10.0. The molecule has 0 radical (unpaired) electrons. The lowest BCUT2D eigenvalue weighted by molar-refractivity contribution is -0.140. The fourth-order valence-electron chi connectivity index (χ4n) is 8.26. The minimum Gasteiger partial charge on any atom is -0.480 e. The Morgan fingerprint density at radius 1 is 0.573 bits per heavy atom. The van der Waals surface area contributed by atoms with Gasteiger partial charge in [0.05, 0.1) is 6.04 Å². The molecule has 5 heterocycles. The molecule has 3 aliphatic heterocycles. The van der Waals surface area contributed by atoms with Gasteiger partial charge >= 0.3 is 18.2 Å². The van der Waals surface area contributed by atoms with Crippen molar-refractivity contribution in [3.63, 3.8) is 0 Å². The molecule has 3 aromatic carbocycles. The van der Waals surface area contributed by atoms with Gasteiger partial charge in [-0.1, -0.05) is 73.6 Å². The predicted molar refractivity (Wildman–Crippen MR) is 334 cm³/mol. The number of carboxylic acid groups (broad SMARTS) is 1. The van der Waals surface area contributed by atoms with Gasteiger partial charge < -0.3 is 80.6 Å². The van der Waals surface area contributed by atoms with E-state index in [1.54, 1.807) is 78.7 Å². The van der Waals surface area contributed by atoms with Crippen LogP contribution in [0.4, 0.5) is 14.7 Å². The number of nitrogens with two attached hydrogens (primary N) is 1. The first-order chi connectivity index (χ1) is 42.0. The first-order valence-corrected chi connectivity index (χ1v) is 30.3. The van der Waals surface area contributed by atoms with Gasteiger partial charge in [-0.15, -0.1) is 0 Å². The smallest absolute Gasteiger partial charge is 0.408 e. The van der Waals surface area contributed by atoms with E-state index in [0.29, 0.717) is 43.6 Å². The van der Waals surface area contributed by atoms with Crippen molar-refractivity contribution in [2.45, 2.75) is 152 Å². The number of anilines is 1. The molecule has 0 unspecified atom stereocenters. The first-order valence-electron chi connectivity index (χ1n) is 29.5. The van der Waals surface area contributed by atoms with Gasteiger partial charge in [-0.25, -0.2) is 19.4 Å². The number of hydrogen-bond acceptors (Lipinski definition) is 20. The van der Waals surface area contributed by atoms with E-state index in [4.69, 9.17) is 48.7 Å².